The van der Waals surface area contributed by atoms with E-state index in [1.54, 1.807) is 19.2 Å². The van der Waals surface area contributed by atoms with Gasteiger partial charge in [0, 0.05) is 25.3 Å². The molecule has 104 valence electrons. The van der Waals surface area contributed by atoms with Crippen LogP contribution >= 0.6 is 0 Å². The van der Waals surface area contributed by atoms with Crippen LogP contribution in [-0.4, -0.2) is 30.7 Å². The molecule has 1 saturated carbocycles. The number of non-ortho nitro benzene ring substituents is 1. The Morgan fingerprint density at radius 2 is 2.11 bits per heavy atom. The highest BCUT2D eigenvalue weighted by atomic mass is 16.6. The smallest absolute Gasteiger partial charge is 0.269 e. The SMILES string of the molecule is COC1CCCC1NCCc1ccc([N+](=O)[O-])cc1. The minimum atomic E-state index is -0.371. The molecule has 2 rings (SSSR count). The summed E-state index contributed by atoms with van der Waals surface area (Å²) in [6.07, 6.45) is 4.72. The average molecular weight is 264 g/mol. The fourth-order valence-corrected chi connectivity index (χ4v) is 2.63. The number of nitrogens with one attached hydrogen (secondary N) is 1. The van der Waals surface area contributed by atoms with E-state index in [0.29, 0.717) is 12.1 Å². The monoisotopic (exact) mass is 264 g/mol. The predicted molar refractivity (Wildman–Crippen MR) is 73.2 cm³/mol. The summed E-state index contributed by atoms with van der Waals surface area (Å²) in [7, 11) is 1.76. The van der Waals surface area contributed by atoms with Crippen molar-refractivity contribution in [3.05, 3.63) is 39.9 Å². The summed E-state index contributed by atoms with van der Waals surface area (Å²) < 4.78 is 5.43. The molecule has 1 aromatic rings. The lowest BCUT2D eigenvalue weighted by molar-refractivity contribution is -0.384. The van der Waals surface area contributed by atoms with Gasteiger partial charge in [0.2, 0.25) is 0 Å². The second-order valence-corrected chi connectivity index (χ2v) is 4.94. The fourth-order valence-electron chi connectivity index (χ4n) is 2.63. The Morgan fingerprint density at radius 3 is 2.74 bits per heavy atom. The van der Waals surface area contributed by atoms with E-state index < -0.39 is 0 Å². The van der Waals surface area contributed by atoms with Crippen LogP contribution in [0.5, 0.6) is 0 Å². The molecule has 0 bridgehead atoms. The Kier molecular flexibility index (Phi) is 4.87. The maximum atomic E-state index is 10.5. The van der Waals surface area contributed by atoms with E-state index in [1.165, 1.54) is 12.8 Å². The van der Waals surface area contributed by atoms with Gasteiger partial charge in [-0.2, -0.15) is 0 Å². The third kappa shape index (κ3) is 3.75. The summed E-state index contributed by atoms with van der Waals surface area (Å²) >= 11 is 0. The molecular weight excluding hydrogens is 244 g/mol. The molecule has 5 heteroatoms. The predicted octanol–water partition coefficient (Wildman–Crippen LogP) is 2.29. The van der Waals surface area contributed by atoms with Crippen LogP contribution in [0.1, 0.15) is 24.8 Å². The summed E-state index contributed by atoms with van der Waals surface area (Å²) in [5.74, 6) is 0. The second-order valence-electron chi connectivity index (χ2n) is 4.94. The van der Waals surface area contributed by atoms with Gasteiger partial charge in [0.15, 0.2) is 0 Å². The van der Waals surface area contributed by atoms with E-state index in [-0.39, 0.29) is 10.6 Å². The molecule has 1 N–H and O–H groups in total. The number of benzene rings is 1. The minimum Gasteiger partial charge on any atom is -0.380 e. The van der Waals surface area contributed by atoms with Gasteiger partial charge in [-0.05, 0) is 37.8 Å². The number of nitrogens with zero attached hydrogens (tertiary/aromatic N) is 1. The van der Waals surface area contributed by atoms with Crippen LogP contribution in [0.4, 0.5) is 5.69 Å². The number of hydrogen-bond acceptors (Lipinski definition) is 4. The maximum absolute atomic E-state index is 10.5. The minimum absolute atomic E-state index is 0.145. The highest BCUT2D eigenvalue weighted by Crippen LogP contribution is 2.21. The van der Waals surface area contributed by atoms with E-state index in [0.717, 1.165) is 24.9 Å². The molecule has 0 amide bonds. The Labute approximate surface area is 113 Å². The molecule has 5 nitrogen and oxygen atoms in total. The fraction of sp³-hybridized carbons (Fsp3) is 0.571. The zero-order chi connectivity index (χ0) is 13.7. The molecule has 0 spiro atoms. The Bertz CT molecular complexity index is 419. The molecule has 0 heterocycles. The average Bonchev–Trinajstić information content (AvgIpc) is 2.87. The first-order valence-electron chi connectivity index (χ1n) is 6.70. The third-order valence-electron chi connectivity index (χ3n) is 3.72. The van der Waals surface area contributed by atoms with Crippen molar-refractivity contribution in [2.75, 3.05) is 13.7 Å². The standard InChI is InChI=1S/C14H20N2O3/c1-19-14-4-2-3-13(14)15-10-9-11-5-7-12(8-6-11)16(17)18/h5-8,13-15H,2-4,9-10H2,1H3. The quantitative estimate of drug-likeness (QED) is 0.632. The molecule has 0 aliphatic heterocycles. The highest BCUT2D eigenvalue weighted by Gasteiger charge is 2.26. The van der Waals surface area contributed by atoms with Crippen molar-refractivity contribution in [3.63, 3.8) is 0 Å². The number of nitro benzene ring substituents is 1. The van der Waals surface area contributed by atoms with E-state index in [4.69, 9.17) is 4.74 Å². The molecule has 1 aliphatic rings. The van der Waals surface area contributed by atoms with Gasteiger partial charge in [-0.3, -0.25) is 10.1 Å². The first kappa shape index (κ1) is 14.0. The lowest BCUT2D eigenvalue weighted by atomic mass is 10.1. The normalized spacial score (nSPS) is 22.6. The van der Waals surface area contributed by atoms with E-state index in [1.807, 2.05) is 12.1 Å². The summed E-state index contributed by atoms with van der Waals surface area (Å²) in [5, 5.41) is 14.1. The van der Waals surface area contributed by atoms with Gasteiger partial charge in [0.25, 0.3) is 5.69 Å². The topological polar surface area (TPSA) is 64.4 Å². The molecule has 1 aromatic carbocycles. The van der Waals surface area contributed by atoms with Crippen molar-refractivity contribution in [2.45, 2.75) is 37.8 Å². The summed E-state index contributed by atoms with van der Waals surface area (Å²) in [5.41, 5.74) is 1.26. The van der Waals surface area contributed by atoms with Crippen LogP contribution in [0.2, 0.25) is 0 Å². The number of nitro groups is 1. The van der Waals surface area contributed by atoms with Crippen LogP contribution in [0.3, 0.4) is 0 Å². The summed E-state index contributed by atoms with van der Waals surface area (Å²) in [4.78, 5) is 10.2. The molecule has 1 aliphatic carbocycles. The zero-order valence-corrected chi connectivity index (χ0v) is 11.2. The van der Waals surface area contributed by atoms with Gasteiger partial charge in [0.05, 0.1) is 11.0 Å². The number of rotatable bonds is 6. The van der Waals surface area contributed by atoms with E-state index >= 15 is 0 Å². The molecule has 2 unspecified atom stereocenters. The van der Waals surface area contributed by atoms with Crippen molar-refractivity contribution in [1.29, 1.82) is 0 Å². The summed E-state index contributed by atoms with van der Waals surface area (Å²) in [6.45, 7) is 0.877. The molecule has 1 fully saturated rings. The third-order valence-corrected chi connectivity index (χ3v) is 3.72. The molecule has 0 aromatic heterocycles. The van der Waals surface area contributed by atoms with Gasteiger partial charge < -0.3 is 10.1 Å². The Balaban J connectivity index is 1.77. The lowest BCUT2D eigenvalue weighted by Gasteiger charge is -2.19. The number of methoxy groups -OCH3 is 1. The maximum Gasteiger partial charge on any atom is 0.269 e. The van der Waals surface area contributed by atoms with Gasteiger partial charge in [-0.1, -0.05) is 12.1 Å². The lowest BCUT2D eigenvalue weighted by Crippen LogP contribution is -2.37. The van der Waals surface area contributed by atoms with Crippen LogP contribution in [0.15, 0.2) is 24.3 Å². The van der Waals surface area contributed by atoms with Crippen molar-refractivity contribution in [3.8, 4) is 0 Å². The summed E-state index contributed by atoms with van der Waals surface area (Å²) in [6, 6.07) is 7.21. The van der Waals surface area contributed by atoms with Gasteiger partial charge >= 0.3 is 0 Å². The molecule has 0 radical (unpaired) electrons. The Morgan fingerprint density at radius 1 is 1.37 bits per heavy atom. The molecule has 2 atom stereocenters. The van der Waals surface area contributed by atoms with Gasteiger partial charge in [0.1, 0.15) is 0 Å². The number of hydrogen-bond donors (Lipinski definition) is 1. The van der Waals surface area contributed by atoms with Crippen LogP contribution in [0, 0.1) is 10.1 Å². The van der Waals surface area contributed by atoms with Gasteiger partial charge in [-0.15, -0.1) is 0 Å². The largest absolute Gasteiger partial charge is 0.380 e. The molecular formula is C14H20N2O3. The zero-order valence-electron chi connectivity index (χ0n) is 11.2. The van der Waals surface area contributed by atoms with Crippen molar-refractivity contribution >= 4 is 5.69 Å². The first-order chi connectivity index (χ1) is 9.20. The molecule has 19 heavy (non-hydrogen) atoms. The number of ether oxygens (including phenoxy) is 1. The van der Waals surface area contributed by atoms with E-state index in [2.05, 4.69) is 5.32 Å². The Hall–Kier alpha value is -1.46. The van der Waals surface area contributed by atoms with E-state index in [9.17, 15) is 10.1 Å². The first-order valence-corrected chi connectivity index (χ1v) is 6.70. The van der Waals surface area contributed by atoms with Crippen molar-refractivity contribution < 1.29 is 9.66 Å². The van der Waals surface area contributed by atoms with Crippen LogP contribution in [-0.2, 0) is 11.2 Å². The molecule has 0 saturated heterocycles. The van der Waals surface area contributed by atoms with Crippen LogP contribution in [0.25, 0.3) is 0 Å². The van der Waals surface area contributed by atoms with Gasteiger partial charge in [-0.25, -0.2) is 0 Å². The van der Waals surface area contributed by atoms with Crippen molar-refractivity contribution in [1.82, 2.24) is 5.32 Å². The van der Waals surface area contributed by atoms with Crippen LogP contribution < -0.4 is 5.32 Å². The van der Waals surface area contributed by atoms with Crippen molar-refractivity contribution in [2.24, 2.45) is 0 Å². The second kappa shape index (κ2) is 6.63. The highest BCUT2D eigenvalue weighted by molar-refractivity contribution is 5.32.